The SMILES string of the molecule is CNS(=O)(=O)CCNc1nc2ccc([N+](=O)[O-])cc2o1. The van der Waals surface area contributed by atoms with E-state index in [-0.39, 0.29) is 29.6 Å². The normalized spacial score (nSPS) is 11.7. The molecule has 0 aliphatic rings. The molecule has 1 heterocycles. The molecule has 0 atom stereocenters. The first-order valence-corrected chi connectivity index (χ1v) is 7.26. The van der Waals surface area contributed by atoms with E-state index in [0.29, 0.717) is 5.52 Å². The van der Waals surface area contributed by atoms with Crippen molar-refractivity contribution >= 4 is 32.8 Å². The Morgan fingerprint density at radius 1 is 1.45 bits per heavy atom. The van der Waals surface area contributed by atoms with Gasteiger partial charge in [0.15, 0.2) is 5.58 Å². The van der Waals surface area contributed by atoms with Gasteiger partial charge < -0.3 is 9.73 Å². The molecule has 0 amide bonds. The van der Waals surface area contributed by atoms with Crippen molar-refractivity contribution < 1.29 is 17.8 Å². The van der Waals surface area contributed by atoms with Gasteiger partial charge in [-0.05, 0) is 13.1 Å². The summed E-state index contributed by atoms with van der Waals surface area (Å²) in [5, 5.41) is 13.3. The number of sulfonamides is 1. The molecule has 2 rings (SSSR count). The lowest BCUT2D eigenvalue weighted by Gasteiger charge is -2.02. The highest BCUT2D eigenvalue weighted by molar-refractivity contribution is 7.89. The van der Waals surface area contributed by atoms with E-state index < -0.39 is 14.9 Å². The summed E-state index contributed by atoms with van der Waals surface area (Å²) in [6, 6.07) is 4.16. The summed E-state index contributed by atoms with van der Waals surface area (Å²) in [6.45, 7) is 0.109. The number of benzene rings is 1. The van der Waals surface area contributed by atoms with E-state index in [2.05, 4.69) is 15.0 Å². The topological polar surface area (TPSA) is 127 Å². The largest absolute Gasteiger partial charge is 0.423 e. The van der Waals surface area contributed by atoms with Crippen LogP contribution in [-0.2, 0) is 10.0 Å². The third-order valence-electron chi connectivity index (χ3n) is 2.54. The number of oxazole rings is 1. The zero-order chi connectivity index (χ0) is 14.8. The molecule has 1 aromatic heterocycles. The lowest BCUT2D eigenvalue weighted by molar-refractivity contribution is -0.384. The van der Waals surface area contributed by atoms with Gasteiger partial charge in [-0.3, -0.25) is 10.1 Å². The second kappa shape index (κ2) is 5.43. The molecule has 2 aromatic rings. The molecule has 2 N–H and O–H groups in total. The molecule has 0 saturated heterocycles. The van der Waals surface area contributed by atoms with Crippen LogP contribution in [0.5, 0.6) is 0 Å². The van der Waals surface area contributed by atoms with Crippen LogP contribution < -0.4 is 10.0 Å². The summed E-state index contributed by atoms with van der Waals surface area (Å²) >= 11 is 0. The zero-order valence-corrected chi connectivity index (χ0v) is 11.3. The van der Waals surface area contributed by atoms with Crippen LogP contribution in [0.4, 0.5) is 11.7 Å². The summed E-state index contributed by atoms with van der Waals surface area (Å²) in [6.07, 6.45) is 0. The predicted octanol–water partition coefficient (Wildman–Crippen LogP) is 0.697. The number of non-ortho nitro benzene ring substituents is 1. The van der Waals surface area contributed by atoms with Gasteiger partial charge in [0, 0.05) is 12.6 Å². The molecule has 1 aromatic carbocycles. The number of hydrogen-bond donors (Lipinski definition) is 2. The van der Waals surface area contributed by atoms with Crippen molar-refractivity contribution in [2.45, 2.75) is 0 Å². The van der Waals surface area contributed by atoms with Crippen LogP contribution in [0.2, 0.25) is 0 Å². The first kappa shape index (κ1) is 14.2. The third kappa shape index (κ3) is 3.22. The number of nitrogens with zero attached hydrogens (tertiary/aromatic N) is 2. The quantitative estimate of drug-likeness (QED) is 0.593. The van der Waals surface area contributed by atoms with Crippen molar-refractivity contribution in [2.24, 2.45) is 0 Å². The average Bonchev–Trinajstić information content (AvgIpc) is 2.79. The van der Waals surface area contributed by atoms with Gasteiger partial charge in [-0.1, -0.05) is 0 Å². The summed E-state index contributed by atoms with van der Waals surface area (Å²) in [4.78, 5) is 14.1. The summed E-state index contributed by atoms with van der Waals surface area (Å²) in [5.41, 5.74) is 0.616. The number of nitro groups is 1. The van der Waals surface area contributed by atoms with E-state index in [1.165, 1.54) is 25.2 Å². The van der Waals surface area contributed by atoms with Gasteiger partial charge >= 0.3 is 0 Å². The molecule has 0 aliphatic carbocycles. The van der Waals surface area contributed by atoms with E-state index in [4.69, 9.17) is 4.42 Å². The van der Waals surface area contributed by atoms with Crippen LogP contribution in [-0.4, -0.2) is 37.7 Å². The standard InChI is InChI=1S/C10H12N4O5S/c1-11-20(17,18)5-4-12-10-13-8-3-2-7(14(15)16)6-9(8)19-10/h2-3,6,11H,4-5H2,1H3,(H,12,13). The summed E-state index contributed by atoms with van der Waals surface area (Å²) in [5.74, 6) is -0.137. The smallest absolute Gasteiger partial charge is 0.295 e. The lowest BCUT2D eigenvalue weighted by Crippen LogP contribution is -2.26. The minimum Gasteiger partial charge on any atom is -0.423 e. The highest BCUT2D eigenvalue weighted by atomic mass is 32.2. The van der Waals surface area contributed by atoms with E-state index in [0.717, 1.165) is 0 Å². The molecule has 0 aliphatic heterocycles. The van der Waals surface area contributed by atoms with Gasteiger partial charge in [0.2, 0.25) is 10.0 Å². The highest BCUT2D eigenvalue weighted by Gasteiger charge is 2.12. The van der Waals surface area contributed by atoms with E-state index >= 15 is 0 Å². The lowest BCUT2D eigenvalue weighted by atomic mass is 10.3. The van der Waals surface area contributed by atoms with Crippen LogP contribution in [0.25, 0.3) is 11.1 Å². The Morgan fingerprint density at radius 2 is 2.20 bits per heavy atom. The first-order chi connectivity index (χ1) is 9.41. The molecule has 10 heteroatoms. The third-order valence-corrected chi connectivity index (χ3v) is 3.90. The Hall–Kier alpha value is -2.20. The fourth-order valence-corrected chi connectivity index (χ4v) is 2.07. The number of rotatable bonds is 6. The molecule has 0 spiro atoms. The average molecular weight is 300 g/mol. The molecule has 0 saturated carbocycles. The van der Waals surface area contributed by atoms with Gasteiger partial charge in [-0.25, -0.2) is 13.1 Å². The van der Waals surface area contributed by atoms with Gasteiger partial charge in [-0.15, -0.1) is 0 Å². The second-order valence-corrected chi connectivity index (χ2v) is 5.92. The Morgan fingerprint density at radius 3 is 2.85 bits per heavy atom. The molecular weight excluding hydrogens is 288 g/mol. The number of fused-ring (bicyclic) bond motifs is 1. The number of aromatic nitrogens is 1. The molecule has 0 radical (unpaired) electrons. The van der Waals surface area contributed by atoms with Crippen LogP contribution in [0.3, 0.4) is 0 Å². The minimum absolute atomic E-state index is 0.0991. The van der Waals surface area contributed by atoms with Crippen molar-refractivity contribution in [2.75, 3.05) is 24.7 Å². The van der Waals surface area contributed by atoms with Gasteiger partial charge in [0.1, 0.15) is 5.52 Å². The van der Waals surface area contributed by atoms with E-state index in [9.17, 15) is 18.5 Å². The Bertz CT molecular complexity index is 739. The van der Waals surface area contributed by atoms with Gasteiger partial charge in [0.05, 0.1) is 16.7 Å². The maximum atomic E-state index is 11.2. The number of nitro benzene ring substituents is 1. The molecule has 20 heavy (non-hydrogen) atoms. The van der Waals surface area contributed by atoms with Crippen molar-refractivity contribution in [3.05, 3.63) is 28.3 Å². The minimum atomic E-state index is -3.31. The molecule has 108 valence electrons. The second-order valence-electron chi connectivity index (χ2n) is 3.88. The molecule has 0 bridgehead atoms. The maximum absolute atomic E-state index is 11.2. The summed E-state index contributed by atoms with van der Waals surface area (Å²) in [7, 11) is -1.98. The number of hydrogen-bond acceptors (Lipinski definition) is 7. The summed E-state index contributed by atoms with van der Waals surface area (Å²) < 4.78 is 29.9. The van der Waals surface area contributed by atoms with Gasteiger partial charge in [-0.2, -0.15) is 4.98 Å². The van der Waals surface area contributed by atoms with Crippen LogP contribution in [0.15, 0.2) is 22.6 Å². The van der Waals surface area contributed by atoms with Crippen molar-refractivity contribution in [3.63, 3.8) is 0 Å². The molecule has 0 unspecified atom stereocenters. The molecular formula is C10H12N4O5S. The van der Waals surface area contributed by atoms with Crippen LogP contribution in [0.1, 0.15) is 0 Å². The Kier molecular flexibility index (Phi) is 3.86. The number of anilines is 1. The van der Waals surface area contributed by atoms with Crippen molar-refractivity contribution in [1.82, 2.24) is 9.71 Å². The van der Waals surface area contributed by atoms with Gasteiger partial charge in [0.25, 0.3) is 11.7 Å². The number of nitrogens with one attached hydrogen (secondary N) is 2. The molecule has 0 fully saturated rings. The van der Waals surface area contributed by atoms with Crippen LogP contribution in [0, 0.1) is 10.1 Å². The molecule has 9 nitrogen and oxygen atoms in total. The monoisotopic (exact) mass is 300 g/mol. The fourth-order valence-electron chi connectivity index (χ4n) is 1.50. The Balaban J connectivity index is 2.10. The van der Waals surface area contributed by atoms with Crippen molar-refractivity contribution in [1.29, 1.82) is 0 Å². The predicted molar refractivity (Wildman–Crippen MR) is 72.0 cm³/mol. The fraction of sp³-hybridized carbons (Fsp3) is 0.300. The van der Waals surface area contributed by atoms with Crippen LogP contribution >= 0.6 is 0 Å². The first-order valence-electron chi connectivity index (χ1n) is 5.61. The Labute approximate surface area is 114 Å². The zero-order valence-electron chi connectivity index (χ0n) is 10.5. The highest BCUT2D eigenvalue weighted by Crippen LogP contribution is 2.23. The van der Waals surface area contributed by atoms with E-state index in [1.807, 2.05) is 0 Å². The maximum Gasteiger partial charge on any atom is 0.295 e. The van der Waals surface area contributed by atoms with Crippen molar-refractivity contribution in [3.8, 4) is 0 Å². The van der Waals surface area contributed by atoms with E-state index in [1.54, 1.807) is 0 Å².